The van der Waals surface area contributed by atoms with Crippen LogP contribution in [0.1, 0.15) is 18.1 Å². The maximum atomic E-state index is 13.1. The van der Waals surface area contributed by atoms with Crippen LogP contribution in [0.3, 0.4) is 0 Å². The van der Waals surface area contributed by atoms with Crippen molar-refractivity contribution < 1.29 is 9.18 Å². The van der Waals surface area contributed by atoms with Gasteiger partial charge in [0.1, 0.15) is 5.82 Å². The quantitative estimate of drug-likeness (QED) is 0.792. The Hall–Kier alpha value is -2.50. The van der Waals surface area contributed by atoms with E-state index in [-0.39, 0.29) is 11.7 Å². The molecule has 1 N–H and O–H groups in total. The molecule has 0 spiro atoms. The van der Waals surface area contributed by atoms with Gasteiger partial charge in [0.15, 0.2) is 0 Å². The third-order valence-electron chi connectivity index (χ3n) is 4.82. The summed E-state index contributed by atoms with van der Waals surface area (Å²) in [5.41, 5.74) is 2.65. The van der Waals surface area contributed by atoms with Crippen LogP contribution in [0.5, 0.6) is 0 Å². The first-order valence-electron chi connectivity index (χ1n) is 9.40. The summed E-state index contributed by atoms with van der Waals surface area (Å²) in [6.07, 6.45) is 3.01. The van der Waals surface area contributed by atoms with E-state index in [9.17, 15) is 9.18 Å². The number of amides is 1. The number of hydrogen-bond donors (Lipinski definition) is 1. The van der Waals surface area contributed by atoms with Gasteiger partial charge in [0.05, 0.1) is 0 Å². The van der Waals surface area contributed by atoms with Crippen LogP contribution >= 0.6 is 0 Å². The average molecular weight is 367 g/mol. The van der Waals surface area contributed by atoms with Crippen molar-refractivity contribution in [2.24, 2.45) is 0 Å². The van der Waals surface area contributed by atoms with E-state index in [2.05, 4.69) is 34.2 Å². The highest BCUT2D eigenvalue weighted by Crippen LogP contribution is 2.13. The van der Waals surface area contributed by atoms with Gasteiger partial charge in [-0.2, -0.15) is 0 Å². The highest BCUT2D eigenvalue weighted by molar-refractivity contribution is 6.01. The molecule has 1 aliphatic rings. The smallest absolute Gasteiger partial charge is 0.248 e. The molecule has 2 aromatic carbocycles. The second-order valence-electron chi connectivity index (χ2n) is 6.78. The highest BCUT2D eigenvalue weighted by Gasteiger charge is 2.15. The van der Waals surface area contributed by atoms with Crippen molar-refractivity contribution in [2.75, 3.05) is 38.0 Å². The molecule has 0 aliphatic carbocycles. The number of anilines is 1. The van der Waals surface area contributed by atoms with Crippen molar-refractivity contribution in [3.05, 3.63) is 71.6 Å². The number of rotatable bonds is 6. The topological polar surface area (TPSA) is 35.6 Å². The van der Waals surface area contributed by atoms with Gasteiger partial charge < -0.3 is 10.2 Å². The van der Waals surface area contributed by atoms with E-state index < -0.39 is 0 Å². The molecule has 5 heteroatoms. The van der Waals surface area contributed by atoms with Crippen LogP contribution in [-0.2, 0) is 11.3 Å². The molecule has 142 valence electrons. The van der Waals surface area contributed by atoms with Crippen molar-refractivity contribution in [3.8, 4) is 0 Å². The lowest BCUT2D eigenvalue weighted by Crippen LogP contribution is -2.45. The van der Waals surface area contributed by atoms with Crippen molar-refractivity contribution in [1.29, 1.82) is 0 Å². The van der Waals surface area contributed by atoms with E-state index in [0.717, 1.165) is 45.0 Å². The monoisotopic (exact) mass is 367 g/mol. The van der Waals surface area contributed by atoms with Gasteiger partial charge in [-0.1, -0.05) is 31.2 Å². The summed E-state index contributed by atoms with van der Waals surface area (Å²) in [6.45, 7) is 8.70. The first kappa shape index (κ1) is 19.3. The Morgan fingerprint density at radius 3 is 2.44 bits per heavy atom. The predicted octanol–water partition coefficient (Wildman–Crippen LogP) is 3.62. The molecule has 1 aliphatic heterocycles. The molecular weight excluding hydrogens is 341 g/mol. The summed E-state index contributed by atoms with van der Waals surface area (Å²) in [5.74, 6) is -0.549. The van der Waals surface area contributed by atoms with Crippen molar-refractivity contribution in [2.45, 2.75) is 13.5 Å². The number of nitrogens with zero attached hydrogens (tertiary/aromatic N) is 2. The SMILES string of the molecule is CCN1CCN(Cc2ccc(NC(=O)/C=C/c3cccc(F)c3)cc2)CC1. The Bertz CT molecular complexity index is 780. The molecule has 1 saturated heterocycles. The Morgan fingerprint density at radius 2 is 1.78 bits per heavy atom. The summed E-state index contributed by atoms with van der Waals surface area (Å²) in [6, 6.07) is 14.1. The van der Waals surface area contributed by atoms with Crippen LogP contribution in [0, 0.1) is 5.82 Å². The largest absolute Gasteiger partial charge is 0.323 e. The fourth-order valence-electron chi connectivity index (χ4n) is 3.18. The standard InChI is InChI=1S/C22H26FN3O/c1-2-25-12-14-26(15-13-25)17-19-6-9-21(10-7-19)24-22(27)11-8-18-4-3-5-20(23)16-18/h3-11,16H,2,12-15,17H2,1H3,(H,24,27)/b11-8+. The number of nitrogens with one attached hydrogen (secondary N) is 1. The minimum absolute atomic E-state index is 0.234. The van der Waals surface area contributed by atoms with Crippen LogP contribution in [-0.4, -0.2) is 48.4 Å². The fourth-order valence-corrected chi connectivity index (χ4v) is 3.18. The number of carbonyl (C=O) groups excluding carboxylic acids is 1. The maximum Gasteiger partial charge on any atom is 0.248 e. The van der Waals surface area contributed by atoms with E-state index in [1.54, 1.807) is 18.2 Å². The molecule has 0 radical (unpaired) electrons. The van der Waals surface area contributed by atoms with Crippen LogP contribution in [0.2, 0.25) is 0 Å². The Balaban J connectivity index is 1.49. The van der Waals surface area contributed by atoms with E-state index in [0.29, 0.717) is 5.56 Å². The van der Waals surface area contributed by atoms with Crippen molar-refractivity contribution in [3.63, 3.8) is 0 Å². The minimum Gasteiger partial charge on any atom is -0.323 e. The first-order valence-corrected chi connectivity index (χ1v) is 9.40. The molecular formula is C22H26FN3O. The molecule has 0 aromatic heterocycles. The van der Waals surface area contributed by atoms with E-state index >= 15 is 0 Å². The molecule has 2 aromatic rings. The summed E-state index contributed by atoms with van der Waals surface area (Å²) in [5, 5.41) is 2.83. The van der Waals surface area contributed by atoms with Gasteiger partial charge in [0, 0.05) is 44.5 Å². The van der Waals surface area contributed by atoms with E-state index in [4.69, 9.17) is 0 Å². The van der Waals surface area contributed by atoms with Gasteiger partial charge in [0.25, 0.3) is 0 Å². The van der Waals surface area contributed by atoms with Crippen molar-refractivity contribution >= 4 is 17.7 Å². The number of carbonyl (C=O) groups is 1. The Morgan fingerprint density at radius 1 is 1.07 bits per heavy atom. The lowest BCUT2D eigenvalue weighted by Gasteiger charge is -2.34. The van der Waals surface area contributed by atoms with Gasteiger partial charge in [-0.15, -0.1) is 0 Å². The third-order valence-corrected chi connectivity index (χ3v) is 4.82. The lowest BCUT2D eigenvalue weighted by molar-refractivity contribution is -0.111. The predicted molar refractivity (Wildman–Crippen MR) is 108 cm³/mol. The van der Waals surface area contributed by atoms with Gasteiger partial charge in [-0.25, -0.2) is 4.39 Å². The average Bonchev–Trinajstić information content (AvgIpc) is 2.69. The molecule has 1 fully saturated rings. The molecule has 4 nitrogen and oxygen atoms in total. The minimum atomic E-state index is -0.316. The fraction of sp³-hybridized carbons (Fsp3) is 0.318. The third kappa shape index (κ3) is 6.01. The van der Waals surface area contributed by atoms with E-state index in [1.165, 1.54) is 23.8 Å². The van der Waals surface area contributed by atoms with Crippen LogP contribution in [0.4, 0.5) is 10.1 Å². The number of benzene rings is 2. The first-order chi connectivity index (χ1) is 13.1. The molecule has 1 heterocycles. The second kappa shape index (κ2) is 9.44. The summed E-state index contributed by atoms with van der Waals surface area (Å²) < 4.78 is 13.1. The Kier molecular flexibility index (Phi) is 6.74. The molecule has 3 rings (SSSR count). The normalized spacial score (nSPS) is 15.9. The molecule has 0 bridgehead atoms. The van der Waals surface area contributed by atoms with Gasteiger partial charge in [-0.05, 0) is 48.0 Å². The van der Waals surface area contributed by atoms with Crippen molar-refractivity contribution in [1.82, 2.24) is 9.80 Å². The molecule has 27 heavy (non-hydrogen) atoms. The highest BCUT2D eigenvalue weighted by atomic mass is 19.1. The lowest BCUT2D eigenvalue weighted by atomic mass is 10.1. The molecule has 1 amide bonds. The van der Waals surface area contributed by atoms with E-state index in [1.807, 2.05) is 12.1 Å². The second-order valence-corrected chi connectivity index (χ2v) is 6.78. The maximum absolute atomic E-state index is 13.1. The summed E-state index contributed by atoms with van der Waals surface area (Å²) in [7, 11) is 0. The van der Waals surface area contributed by atoms with Crippen LogP contribution in [0.25, 0.3) is 6.08 Å². The number of piperazine rings is 1. The van der Waals surface area contributed by atoms with Crippen LogP contribution < -0.4 is 5.32 Å². The van der Waals surface area contributed by atoms with Gasteiger partial charge in [0.2, 0.25) is 5.91 Å². The number of halogens is 1. The zero-order valence-electron chi connectivity index (χ0n) is 15.7. The number of hydrogen-bond acceptors (Lipinski definition) is 3. The molecule has 0 atom stereocenters. The van der Waals surface area contributed by atoms with Gasteiger partial charge in [-0.3, -0.25) is 9.69 Å². The van der Waals surface area contributed by atoms with Gasteiger partial charge >= 0.3 is 0 Å². The van der Waals surface area contributed by atoms with Crippen LogP contribution in [0.15, 0.2) is 54.6 Å². The zero-order chi connectivity index (χ0) is 19.1. The Labute approximate surface area is 160 Å². The summed E-state index contributed by atoms with van der Waals surface area (Å²) in [4.78, 5) is 17.0. The zero-order valence-corrected chi connectivity index (χ0v) is 15.7. The number of likely N-dealkylation sites (N-methyl/N-ethyl adjacent to an activating group) is 1. The molecule has 0 saturated carbocycles. The molecule has 0 unspecified atom stereocenters. The summed E-state index contributed by atoms with van der Waals surface area (Å²) >= 11 is 0.